The number of allylic oxidation sites excluding steroid dienone is 12. The minimum atomic E-state index is -0.242. The van der Waals surface area contributed by atoms with Crippen molar-refractivity contribution in [3.8, 4) is 0 Å². The number of carbonyl (C=O) groups excluding carboxylic acids is 1. The first-order valence-electron chi connectivity index (χ1n) is 14.8. The molecule has 8 heteroatoms. The van der Waals surface area contributed by atoms with E-state index in [9.17, 15) is 15.0 Å². The van der Waals surface area contributed by atoms with Crippen LogP contribution >= 0.6 is 0 Å². The van der Waals surface area contributed by atoms with Gasteiger partial charge in [0, 0.05) is 53.8 Å². The Morgan fingerprint density at radius 2 is 1.71 bits per heavy atom. The van der Waals surface area contributed by atoms with Crippen LogP contribution in [0.5, 0.6) is 0 Å². The molecular weight excluding hydrogens is 528 g/mol. The second-order valence-electron chi connectivity index (χ2n) is 11.7. The molecule has 0 saturated carbocycles. The summed E-state index contributed by atoms with van der Waals surface area (Å²) < 4.78 is 4.97. The highest BCUT2D eigenvalue weighted by molar-refractivity contribution is 6.21. The van der Waals surface area contributed by atoms with Crippen molar-refractivity contribution in [1.29, 1.82) is 0 Å². The van der Waals surface area contributed by atoms with Crippen LogP contribution in [0, 0.1) is 11.8 Å². The van der Waals surface area contributed by atoms with Gasteiger partial charge in [-0.1, -0.05) is 13.8 Å². The summed E-state index contributed by atoms with van der Waals surface area (Å²) >= 11 is 0. The third-order valence-corrected chi connectivity index (χ3v) is 9.43. The van der Waals surface area contributed by atoms with Crippen molar-refractivity contribution in [2.24, 2.45) is 26.8 Å². The number of ether oxygens (including phenoxy) is 1. The van der Waals surface area contributed by atoms with Gasteiger partial charge >= 0.3 is 5.97 Å². The van der Waals surface area contributed by atoms with Gasteiger partial charge in [-0.25, -0.2) is 15.0 Å². The number of fused-ring (bicyclic) bond motifs is 5. The molecule has 0 aromatic rings. The average molecular weight is 567 g/mol. The maximum atomic E-state index is 12.2. The topological polar surface area (TPSA) is 116 Å². The number of rotatable bonds is 6. The van der Waals surface area contributed by atoms with Crippen LogP contribution in [-0.4, -0.2) is 47.0 Å². The molecule has 6 aliphatic rings. The second-order valence-corrected chi connectivity index (χ2v) is 11.7. The Bertz CT molecular complexity index is 1670. The Labute approximate surface area is 246 Å². The van der Waals surface area contributed by atoms with Crippen LogP contribution in [0.3, 0.4) is 0 Å². The van der Waals surface area contributed by atoms with Crippen LogP contribution < -0.4 is 5.32 Å². The molecule has 8 bridgehead atoms. The van der Waals surface area contributed by atoms with E-state index < -0.39 is 0 Å². The summed E-state index contributed by atoms with van der Waals surface area (Å²) in [5, 5.41) is 24.8. The van der Waals surface area contributed by atoms with Gasteiger partial charge in [0.15, 0.2) is 0 Å². The Morgan fingerprint density at radius 1 is 1.02 bits per heavy atom. The molecule has 0 spiro atoms. The van der Waals surface area contributed by atoms with Gasteiger partial charge in [-0.05, 0) is 86.1 Å². The molecule has 3 N–H and O–H groups in total. The minimum absolute atomic E-state index is 0.00986. The summed E-state index contributed by atoms with van der Waals surface area (Å²) in [7, 11) is 1.42. The molecule has 0 radical (unpaired) electrons. The predicted octanol–water partition coefficient (Wildman–Crippen LogP) is 5.99. The fourth-order valence-corrected chi connectivity index (χ4v) is 6.96. The zero-order valence-electron chi connectivity index (χ0n) is 25.2. The van der Waals surface area contributed by atoms with Crippen molar-refractivity contribution in [3.63, 3.8) is 0 Å². The fourth-order valence-electron chi connectivity index (χ4n) is 6.96. The molecule has 0 unspecified atom stereocenters. The number of esters is 1. The standard InChI is InChI=1S/C34H38N4O4/c1-7-20-16(2)25-14-29-21(10-11-39)17(3)24(36-29)13-26-18(4)22(8-9-31(41)42-6)33(37-26)23-12-30(40)32-19(5)27(38-34(23)32)15-28(20)35-25/h13-15,18,22,37,39-40H,7-12H2,1-6H3/t18-,22-/m0/s1. The Hall–Kier alpha value is -4.04. The normalized spacial score (nSPS) is 24.7. The van der Waals surface area contributed by atoms with Crippen LogP contribution in [0.4, 0.5) is 0 Å². The number of aliphatic imine (C=N–C) groups is 3. The van der Waals surface area contributed by atoms with Crippen molar-refractivity contribution in [3.05, 3.63) is 91.5 Å². The predicted molar refractivity (Wildman–Crippen MR) is 165 cm³/mol. The highest BCUT2D eigenvalue weighted by Crippen LogP contribution is 2.46. The number of nitrogens with zero attached hydrogens (tertiary/aromatic N) is 3. The number of methoxy groups -OCH3 is 1. The molecule has 1 aliphatic carbocycles. The molecule has 42 heavy (non-hydrogen) atoms. The summed E-state index contributed by atoms with van der Waals surface area (Å²) in [5.74, 6) is 0.156. The first-order valence-corrected chi connectivity index (χ1v) is 14.8. The number of nitrogens with one attached hydrogen (secondary N) is 1. The van der Waals surface area contributed by atoms with Gasteiger partial charge < -0.3 is 20.3 Å². The fraction of sp³-hybridized carbons (Fsp3) is 0.412. The van der Waals surface area contributed by atoms with Crippen molar-refractivity contribution < 1.29 is 19.7 Å². The third kappa shape index (κ3) is 4.40. The molecule has 5 aliphatic heterocycles. The molecule has 1 saturated heterocycles. The SMILES string of the molecule is CCC1=C(C)C2=NC1=CC1=C(C)C3=C(O)CC(=C4NC(=CC5=NC(=C2)C(CCO)=C5C)[C@@H](C)[C@@H]4CCC(=O)OC)C3=N1. The zero-order chi connectivity index (χ0) is 29.9. The van der Waals surface area contributed by atoms with E-state index in [2.05, 4.69) is 39.1 Å². The monoisotopic (exact) mass is 566 g/mol. The van der Waals surface area contributed by atoms with Crippen LogP contribution in [0.25, 0.3) is 0 Å². The first-order chi connectivity index (χ1) is 20.2. The van der Waals surface area contributed by atoms with Crippen LogP contribution in [-0.2, 0) is 9.53 Å². The van der Waals surface area contributed by atoms with Gasteiger partial charge in [0.1, 0.15) is 5.76 Å². The van der Waals surface area contributed by atoms with E-state index in [0.29, 0.717) is 31.4 Å². The second kappa shape index (κ2) is 10.7. The van der Waals surface area contributed by atoms with Crippen molar-refractivity contribution in [1.82, 2.24) is 5.32 Å². The Balaban J connectivity index is 1.59. The van der Waals surface area contributed by atoms with Crippen LogP contribution in [0.1, 0.15) is 66.7 Å². The van der Waals surface area contributed by atoms with E-state index >= 15 is 0 Å². The van der Waals surface area contributed by atoms with E-state index in [4.69, 9.17) is 19.7 Å². The number of hydrogen-bond acceptors (Lipinski definition) is 8. The maximum Gasteiger partial charge on any atom is 0.305 e. The lowest BCUT2D eigenvalue weighted by Crippen LogP contribution is -2.16. The summed E-state index contributed by atoms with van der Waals surface area (Å²) in [6.45, 7) is 10.5. The first kappa shape index (κ1) is 28.1. The molecule has 218 valence electrons. The third-order valence-electron chi connectivity index (χ3n) is 9.43. The highest BCUT2D eigenvalue weighted by Gasteiger charge is 2.41. The number of aliphatic hydroxyl groups excluding tert-OH is 2. The molecular formula is C34H38N4O4. The number of aliphatic hydroxyl groups is 2. The molecule has 1 fully saturated rings. The van der Waals surface area contributed by atoms with Gasteiger partial charge in [-0.3, -0.25) is 4.79 Å². The van der Waals surface area contributed by atoms with E-state index in [1.54, 1.807) is 0 Å². The van der Waals surface area contributed by atoms with E-state index in [-0.39, 0.29) is 24.4 Å². The minimum Gasteiger partial charge on any atom is -0.511 e. The highest BCUT2D eigenvalue weighted by atomic mass is 16.5. The van der Waals surface area contributed by atoms with Gasteiger partial charge in [0.2, 0.25) is 0 Å². The lowest BCUT2D eigenvalue weighted by atomic mass is 9.86. The molecule has 6 rings (SSSR count). The summed E-state index contributed by atoms with van der Waals surface area (Å²) in [6, 6.07) is 0. The average Bonchev–Trinajstić information content (AvgIpc) is 3.71. The van der Waals surface area contributed by atoms with Gasteiger partial charge in [0.05, 0.1) is 41.3 Å². The van der Waals surface area contributed by atoms with Crippen molar-refractivity contribution in [2.45, 2.75) is 66.7 Å². The van der Waals surface area contributed by atoms with E-state index in [0.717, 1.165) is 91.1 Å². The van der Waals surface area contributed by atoms with Gasteiger partial charge in [0.25, 0.3) is 0 Å². The Morgan fingerprint density at radius 3 is 2.40 bits per heavy atom. The van der Waals surface area contributed by atoms with E-state index in [1.807, 2.05) is 19.1 Å². The lowest BCUT2D eigenvalue weighted by molar-refractivity contribution is -0.140. The molecule has 0 aromatic carbocycles. The summed E-state index contributed by atoms with van der Waals surface area (Å²) in [4.78, 5) is 27.4. The van der Waals surface area contributed by atoms with E-state index in [1.165, 1.54) is 7.11 Å². The lowest BCUT2D eigenvalue weighted by Gasteiger charge is -2.17. The zero-order valence-corrected chi connectivity index (χ0v) is 25.2. The quantitative estimate of drug-likeness (QED) is 0.342. The van der Waals surface area contributed by atoms with Crippen molar-refractivity contribution >= 4 is 23.1 Å². The smallest absolute Gasteiger partial charge is 0.305 e. The molecule has 8 nitrogen and oxygen atoms in total. The Kier molecular flexibility index (Phi) is 7.13. The molecule has 5 heterocycles. The molecule has 0 amide bonds. The van der Waals surface area contributed by atoms with Crippen molar-refractivity contribution in [2.75, 3.05) is 13.7 Å². The summed E-state index contributed by atoms with van der Waals surface area (Å²) in [6.07, 6.45) is 8.79. The maximum absolute atomic E-state index is 12.2. The largest absolute Gasteiger partial charge is 0.511 e. The summed E-state index contributed by atoms with van der Waals surface area (Å²) in [5.41, 5.74) is 14.0. The molecule has 0 aromatic heterocycles. The van der Waals surface area contributed by atoms with Crippen LogP contribution in [0.15, 0.2) is 106 Å². The number of carbonyl (C=O) groups is 1. The molecule has 2 atom stereocenters. The van der Waals surface area contributed by atoms with Gasteiger partial charge in [-0.15, -0.1) is 0 Å². The van der Waals surface area contributed by atoms with Crippen LogP contribution in [0.2, 0.25) is 0 Å². The van der Waals surface area contributed by atoms with Gasteiger partial charge in [-0.2, -0.15) is 0 Å². The number of hydrogen-bond donors (Lipinski definition) is 3.